The number of hydrogen-bond acceptors (Lipinski definition) is 3. The highest BCUT2D eigenvalue weighted by molar-refractivity contribution is 7.80. The van der Waals surface area contributed by atoms with Gasteiger partial charge >= 0.3 is 0 Å². The number of nitrogens with two attached hydrogens (primary N) is 1. The van der Waals surface area contributed by atoms with Gasteiger partial charge in [0.25, 0.3) is 0 Å². The summed E-state index contributed by atoms with van der Waals surface area (Å²) >= 11 is 11.0. The average Bonchev–Trinajstić information content (AvgIpc) is 2.29. The molecule has 0 spiro atoms. The van der Waals surface area contributed by atoms with E-state index in [-0.39, 0.29) is 6.61 Å². The molecule has 0 atom stereocenters. The van der Waals surface area contributed by atoms with Crippen LogP contribution in [0.15, 0.2) is 18.2 Å². The molecule has 0 bridgehead atoms. The second-order valence-electron chi connectivity index (χ2n) is 3.68. The van der Waals surface area contributed by atoms with Crippen LogP contribution in [0.1, 0.15) is 18.9 Å². The van der Waals surface area contributed by atoms with Crippen LogP contribution in [-0.2, 0) is 0 Å². The Kier molecular flexibility index (Phi) is 5.68. The third kappa shape index (κ3) is 3.84. The first kappa shape index (κ1) is 14.2. The molecule has 1 aromatic carbocycles. The molecule has 0 aliphatic heterocycles. The maximum Gasteiger partial charge on any atom is 0.106 e. The van der Waals surface area contributed by atoms with Gasteiger partial charge in [0.15, 0.2) is 0 Å². The number of thiocarbonyl (C=S) groups is 1. The van der Waals surface area contributed by atoms with Crippen LogP contribution in [0.5, 0.6) is 0 Å². The van der Waals surface area contributed by atoms with E-state index in [1.807, 2.05) is 19.1 Å². The van der Waals surface area contributed by atoms with Crippen LogP contribution in [0.3, 0.4) is 0 Å². The standard InChI is InChI=1S/C12H17ClN2OS/c1-2-15(6-3-7-16)11-8-9(13)4-5-10(11)12(14)17/h4-5,8,16H,2-3,6-7H2,1H3,(H2,14,17). The van der Waals surface area contributed by atoms with Crippen molar-refractivity contribution in [3.05, 3.63) is 28.8 Å². The second kappa shape index (κ2) is 6.79. The Hall–Kier alpha value is -0.840. The van der Waals surface area contributed by atoms with Gasteiger partial charge in [0, 0.05) is 36.0 Å². The molecule has 5 heteroatoms. The Balaban J connectivity index is 3.06. The molecule has 0 aliphatic rings. The summed E-state index contributed by atoms with van der Waals surface area (Å²) in [6, 6.07) is 5.47. The summed E-state index contributed by atoms with van der Waals surface area (Å²) in [6.45, 7) is 3.78. The molecule has 0 unspecified atom stereocenters. The highest BCUT2D eigenvalue weighted by atomic mass is 35.5. The lowest BCUT2D eigenvalue weighted by molar-refractivity contribution is 0.289. The van der Waals surface area contributed by atoms with E-state index in [1.54, 1.807) is 6.07 Å². The van der Waals surface area contributed by atoms with Gasteiger partial charge in [-0.05, 0) is 31.5 Å². The molecule has 1 aromatic rings. The van der Waals surface area contributed by atoms with Gasteiger partial charge in [-0.3, -0.25) is 0 Å². The highest BCUT2D eigenvalue weighted by Crippen LogP contribution is 2.25. The first-order valence-corrected chi connectivity index (χ1v) is 6.34. The summed E-state index contributed by atoms with van der Waals surface area (Å²) in [4.78, 5) is 2.47. The van der Waals surface area contributed by atoms with Crippen molar-refractivity contribution in [1.82, 2.24) is 0 Å². The van der Waals surface area contributed by atoms with Crippen molar-refractivity contribution in [2.24, 2.45) is 5.73 Å². The van der Waals surface area contributed by atoms with Crippen LogP contribution in [-0.4, -0.2) is 29.8 Å². The van der Waals surface area contributed by atoms with Crippen LogP contribution in [0.4, 0.5) is 5.69 Å². The first-order chi connectivity index (χ1) is 8.10. The number of anilines is 1. The predicted octanol–water partition coefficient (Wildman–Crippen LogP) is 2.18. The van der Waals surface area contributed by atoms with E-state index in [2.05, 4.69) is 4.90 Å². The molecular formula is C12H17ClN2OS. The van der Waals surface area contributed by atoms with Crippen molar-refractivity contribution in [1.29, 1.82) is 0 Å². The lowest BCUT2D eigenvalue weighted by Crippen LogP contribution is -2.27. The topological polar surface area (TPSA) is 49.5 Å². The molecule has 0 saturated carbocycles. The van der Waals surface area contributed by atoms with Crippen molar-refractivity contribution in [2.75, 3.05) is 24.6 Å². The van der Waals surface area contributed by atoms with Crippen molar-refractivity contribution in [3.63, 3.8) is 0 Å². The van der Waals surface area contributed by atoms with Crippen molar-refractivity contribution in [2.45, 2.75) is 13.3 Å². The minimum Gasteiger partial charge on any atom is -0.396 e. The Morgan fingerprint density at radius 3 is 2.76 bits per heavy atom. The fourth-order valence-corrected chi connectivity index (χ4v) is 2.02. The smallest absolute Gasteiger partial charge is 0.106 e. The third-order valence-electron chi connectivity index (χ3n) is 2.53. The molecule has 0 saturated heterocycles. The fraction of sp³-hybridized carbons (Fsp3) is 0.417. The monoisotopic (exact) mass is 272 g/mol. The van der Waals surface area contributed by atoms with Gasteiger partial charge in [0.05, 0.1) is 0 Å². The van der Waals surface area contributed by atoms with E-state index >= 15 is 0 Å². The average molecular weight is 273 g/mol. The molecular weight excluding hydrogens is 256 g/mol. The van der Waals surface area contributed by atoms with Crippen LogP contribution >= 0.6 is 23.8 Å². The van der Waals surface area contributed by atoms with Gasteiger partial charge in [-0.1, -0.05) is 23.8 Å². The molecule has 0 amide bonds. The number of benzene rings is 1. The minimum absolute atomic E-state index is 0.166. The SMILES string of the molecule is CCN(CCCO)c1cc(Cl)ccc1C(N)=S. The van der Waals surface area contributed by atoms with E-state index in [9.17, 15) is 0 Å². The molecule has 1 rings (SSSR count). The summed E-state index contributed by atoms with van der Waals surface area (Å²) in [6.07, 6.45) is 0.705. The zero-order chi connectivity index (χ0) is 12.8. The van der Waals surface area contributed by atoms with E-state index in [0.717, 1.165) is 24.3 Å². The summed E-state index contributed by atoms with van der Waals surface area (Å²) in [5, 5.41) is 9.54. The van der Waals surface area contributed by atoms with Gasteiger partial charge in [-0.2, -0.15) is 0 Å². The van der Waals surface area contributed by atoms with E-state index in [0.29, 0.717) is 16.4 Å². The predicted molar refractivity (Wildman–Crippen MR) is 76.9 cm³/mol. The quantitative estimate of drug-likeness (QED) is 0.780. The molecule has 3 N–H and O–H groups in total. The number of halogens is 1. The maximum atomic E-state index is 8.89. The summed E-state index contributed by atoms with van der Waals surface area (Å²) < 4.78 is 0. The number of hydrogen-bond donors (Lipinski definition) is 2. The largest absolute Gasteiger partial charge is 0.396 e. The summed E-state index contributed by atoms with van der Waals surface area (Å²) in [7, 11) is 0. The molecule has 17 heavy (non-hydrogen) atoms. The van der Waals surface area contributed by atoms with Gasteiger partial charge in [-0.15, -0.1) is 0 Å². The second-order valence-corrected chi connectivity index (χ2v) is 4.56. The number of rotatable bonds is 6. The third-order valence-corrected chi connectivity index (χ3v) is 2.99. The van der Waals surface area contributed by atoms with E-state index in [1.165, 1.54) is 0 Å². The number of aliphatic hydroxyl groups excluding tert-OH is 1. The molecule has 0 fully saturated rings. The van der Waals surface area contributed by atoms with Gasteiger partial charge in [0.2, 0.25) is 0 Å². The lowest BCUT2D eigenvalue weighted by Gasteiger charge is -2.25. The Bertz CT molecular complexity index is 398. The van der Waals surface area contributed by atoms with Gasteiger partial charge < -0.3 is 15.7 Å². The summed E-state index contributed by atoms with van der Waals surface area (Å²) in [5.74, 6) is 0. The van der Waals surface area contributed by atoms with Crippen LogP contribution < -0.4 is 10.6 Å². The zero-order valence-electron chi connectivity index (χ0n) is 9.82. The van der Waals surface area contributed by atoms with Crippen molar-refractivity contribution in [3.8, 4) is 0 Å². The Labute approximate surface area is 112 Å². The highest BCUT2D eigenvalue weighted by Gasteiger charge is 2.12. The lowest BCUT2D eigenvalue weighted by atomic mass is 10.1. The number of nitrogens with zero attached hydrogens (tertiary/aromatic N) is 1. The molecule has 3 nitrogen and oxygen atoms in total. The van der Waals surface area contributed by atoms with E-state index < -0.39 is 0 Å². The van der Waals surface area contributed by atoms with Crippen molar-refractivity contribution >= 4 is 34.5 Å². The molecule has 0 aromatic heterocycles. The van der Waals surface area contributed by atoms with Crippen LogP contribution in [0, 0.1) is 0 Å². The normalized spacial score (nSPS) is 10.3. The fourth-order valence-electron chi connectivity index (χ4n) is 1.69. The zero-order valence-corrected chi connectivity index (χ0v) is 11.4. The first-order valence-electron chi connectivity index (χ1n) is 5.55. The van der Waals surface area contributed by atoms with Crippen LogP contribution in [0.25, 0.3) is 0 Å². The molecule has 0 radical (unpaired) electrons. The number of aliphatic hydroxyl groups is 1. The molecule has 94 valence electrons. The summed E-state index contributed by atoms with van der Waals surface area (Å²) in [5.41, 5.74) is 7.45. The van der Waals surface area contributed by atoms with Crippen molar-refractivity contribution < 1.29 is 5.11 Å². The van der Waals surface area contributed by atoms with Crippen LogP contribution in [0.2, 0.25) is 5.02 Å². The Morgan fingerprint density at radius 1 is 1.53 bits per heavy atom. The molecule has 0 aliphatic carbocycles. The van der Waals surface area contributed by atoms with Gasteiger partial charge in [-0.25, -0.2) is 0 Å². The van der Waals surface area contributed by atoms with Gasteiger partial charge in [0.1, 0.15) is 4.99 Å². The maximum absolute atomic E-state index is 8.89. The Morgan fingerprint density at radius 2 is 2.24 bits per heavy atom. The van der Waals surface area contributed by atoms with E-state index in [4.69, 9.17) is 34.7 Å². The minimum atomic E-state index is 0.166. The molecule has 0 heterocycles.